The van der Waals surface area contributed by atoms with Crippen LogP contribution in [0.2, 0.25) is 0 Å². The highest BCUT2D eigenvalue weighted by Crippen LogP contribution is 2.18. The first kappa shape index (κ1) is 11.5. The summed E-state index contributed by atoms with van der Waals surface area (Å²) in [6.07, 6.45) is 1.91. The van der Waals surface area contributed by atoms with Crippen molar-refractivity contribution in [2.75, 3.05) is 0 Å². The lowest BCUT2D eigenvalue weighted by Crippen LogP contribution is -2.26. The van der Waals surface area contributed by atoms with Gasteiger partial charge < -0.3 is 5.32 Å². The molecule has 0 spiro atoms. The Balaban J connectivity index is 2.69. The highest BCUT2D eigenvalue weighted by molar-refractivity contribution is 9.10. The van der Waals surface area contributed by atoms with Crippen molar-refractivity contribution in [2.24, 2.45) is 0 Å². The van der Waals surface area contributed by atoms with Crippen LogP contribution in [-0.2, 0) is 0 Å². The molecule has 0 aromatic heterocycles. The van der Waals surface area contributed by atoms with Crippen molar-refractivity contribution in [3.63, 3.8) is 0 Å². The first-order valence-corrected chi connectivity index (χ1v) is 5.57. The first-order valence-electron chi connectivity index (χ1n) is 4.77. The first-order chi connectivity index (χ1) is 6.63. The molecule has 1 aromatic carbocycles. The van der Waals surface area contributed by atoms with Crippen LogP contribution in [0.4, 0.5) is 0 Å². The summed E-state index contributed by atoms with van der Waals surface area (Å²) in [7, 11) is 0. The number of hydrogen-bond donors (Lipinski definition) is 1. The van der Waals surface area contributed by atoms with E-state index in [1.807, 2.05) is 12.1 Å². The van der Waals surface area contributed by atoms with E-state index < -0.39 is 0 Å². The summed E-state index contributed by atoms with van der Waals surface area (Å²) in [4.78, 5) is 0. The summed E-state index contributed by atoms with van der Waals surface area (Å²) in [6, 6.07) is 9.03. The van der Waals surface area contributed by atoms with Gasteiger partial charge in [-0.05, 0) is 31.5 Å². The minimum Gasteiger partial charge on any atom is -0.304 e. The topological polar surface area (TPSA) is 12.0 Å². The summed E-state index contributed by atoms with van der Waals surface area (Å²) in [5.41, 5.74) is 1.29. The number of hydrogen-bond acceptors (Lipinski definition) is 1. The van der Waals surface area contributed by atoms with E-state index in [0.717, 1.165) is 4.47 Å². The van der Waals surface area contributed by atoms with E-state index in [2.05, 4.69) is 59.9 Å². The Morgan fingerprint density at radius 2 is 2.14 bits per heavy atom. The van der Waals surface area contributed by atoms with Crippen LogP contribution in [0.25, 0.3) is 0 Å². The molecule has 14 heavy (non-hydrogen) atoms. The molecular formula is C12H16BrN. The van der Waals surface area contributed by atoms with Gasteiger partial charge in [0, 0.05) is 16.6 Å². The lowest BCUT2D eigenvalue weighted by Gasteiger charge is -2.17. The Kier molecular flexibility index (Phi) is 4.36. The summed E-state index contributed by atoms with van der Waals surface area (Å²) in [6.45, 7) is 8.01. The monoisotopic (exact) mass is 253 g/mol. The molecule has 0 saturated heterocycles. The molecule has 0 saturated carbocycles. The molecule has 0 heterocycles. The van der Waals surface area contributed by atoms with Crippen molar-refractivity contribution in [3.8, 4) is 0 Å². The van der Waals surface area contributed by atoms with E-state index in [0.29, 0.717) is 12.1 Å². The predicted octanol–water partition coefficient (Wildman–Crippen LogP) is 3.67. The summed E-state index contributed by atoms with van der Waals surface area (Å²) in [5.74, 6) is 0. The summed E-state index contributed by atoms with van der Waals surface area (Å²) in [5, 5.41) is 3.43. The molecule has 2 heteroatoms. The molecule has 1 aromatic rings. The van der Waals surface area contributed by atoms with Gasteiger partial charge >= 0.3 is 0 Å². The molecule has 1 nitrogen and oxygen atoms in total. The van der Waals surface area contributed by atoms with Gasteiger partial charge in [0.05, 0.1) is 0 Å². The van der Waals surface area contributed by atoms with Gasteiger partial charge in [-0.25, -0.2) is 0 Å². The van der Waals surface area contributed by atoms with E-state index in [9.17, 15) is 0 Å². The average molecular weight is 254 g/mol. The molecule has 0 aliphatic rings. The van der Waals surface area contributed by atoms with Gasteiger partial charge in [0.1, 0.15) is 0 Å². The van der Waals surface area contributed by atoms with Gasteiger partial charge in [0.2, 0.25) is 0 Å². The second kappa shape index (κ2) is 5.32. The molecule has 2 unspecified atom stereocenters. The molecule has 1 rings (SSSR count). The number of halogens is 1. The summed E-state index contributed by atoms with van der Waals surface area (Å²) < 4.78 is 1.12. The zero-order chi connectivity index (χ0) is 10.6. The molecule has 0 bridgehead atoms. The molecule has 76 valence electrons. The zero-order valence-electron chi connectivity index (χ0n) is 8.63. The maximum Gasteiger partial charge on any atom is 0.0297 e. The van der Waals surface area contributed by atoms with Crippen LogP contribution in [0.1, 0.15) is 25.5 Å². The van der Waals surface area contributed by atoms with Crippen LogP contribution in [0.5, 0.6) is 0 Å². The van der Waals surface area contributed by atoms with Gasteiger partial charge in [0.15, 0.2) is 0 Å². The Hall–Kier alpha value is -0.600. The highest BCUT2D eigenvalue weighted by Gasteiger charge is 2.06. The fourth-order valence-corrected chi connectivity index (χ4v) is 1.75. The van der Waals surface area contributed by atoms with E-state index >= 15 is 0 Å². The Labute approximate surface area is 94.3 Å². The van der Waals surface area contributed by atoms with E-state index in [4.69, 9.17) is 0 Å². The third-order valence-electron chi connectivity index (χ3n) is 2.22. The van der Waals surface area contributed by atoms with Crippen molar-refractivity contribution in [3.05, 3.63) is 47.0 Å². The SMILES string of the molecule is C=CC(C)NC(C)c1cccc(Br)c1. The minimum absolute atomic E-state index is 0.337. The fourth-order valence-electron chi connectivity index (χ4n) is 1.33. The fraction of sp³-hybridized carbons (Fsp3) is 0.333. The third-order valence-corrected chi connectivity index (χ3v) is 2.71. The third kappa shape index (κ3) is 3.28. The van der Waals surface area contributed by atoms with Crippen molar-refractivity contribution >= 4 is 15.9 Å². The lowest BCUT2D eigenvalue weighted by atomic mass is 10.1. The summed E-state index contributed by atoms with van der Waals surface area (Å²) >= 11 is 3.47. The Bertz CT molecular complexity index is 309. The number of nitrogens with one attached hydrogen (secondary N) is 1. The van der Waals surface area contributed by atoms with Crippen molar-refractivity contribution < 1.29 is 0 Å². The molecule has 0 fully saturated rings. The molecule has 0 aliphatic carbocycles. The standard InChI is InChI=1S/C12H16BrN/c1-4-9(2)14-10(3)11-6-5-7-12(13)8-11/h4-10,14H,1H2,2-3H3. The van der Waals surface area contributed by atoms with Crippen LogP contribution in [0.15, 0.2) is 41.4 Å². The smallest absolute Gasteiger partial charge is 0.0297 e. The van der Waals surface area contributed by atoms with Crippen LogP contribution < -0.4 is 5.32 Å². The molecule has 0 aliphatic heterocycles. The molecule has 2 atom stereocenters. The molecule has 1 N–H and O–H groups in total. The van der Waals surface area contributed by atoms with Crippen molar-refractivity contribution in [1.82, 2.24) is 5.32 Å². The average Bonchev–Trinajstić information content (AvgIpc) is 2.17. The normalized spacial score (nSPS) is 14.8. The number of rotatable bonds is 4. The van der Waals surface area contributed by atoms with Gasteiger partial charge in [-0.3, -0.25) is 0 Å². The molecule has 0 amide bonds. The second-order valence-corrected chi connectivity index (χ2v) is 4.38. The van der Waals surface area contributed by atoms with Crippen LogP contribution in [-0.4, -0.2) is 6.04 Å². The van der Waals surface area contributed by atoms with E-state index in [-0.39, 0.29) is 0 Å². The van der Waals surface area contributed by atoms with Crippen molar-refractivity contribution in [1.29, 1.82) is 0 Å². The van der Waals surface area contributed by atoms with Crippen LogP contribution in [0.3, 0.4) is 0 Å². The Morgan fingerprint density at radius 3 is 2.71 bits per heavy atom. The lowest BCUT2D eigenvalue weighted by molar-refractivity contribution is 0.537. The van der Waals surface area contributed by atoms with Crippen LogP contribution in [0, 0.1) is 0 Å². The van der Waals surface area contributed by atoms with Gasteiger partial charge in [0.25, 0.3) is 0 Å². The quantitative estimate of drug-likeness (QED) is 0.808. The maximum absolute atomic E-state index is 3.75. The maximum atomic E-state index is 3.75. The molecular weight excluding hydrogens is 238 g/mol. The second-order valence-electron chi connectivity index (χ2n) is 3.47. The zero-order valence-corrected chi connectivity index (χ0v) is 10.2. The minimum atomic E-state index is 0.337. The van der Waals surface area contributed by atoms with E-state index in [1.165, 1.54) is 5.56 Å². The van der Waals surface area contributed by atoms with Gasteiger partial charge in [-0.1, -0.05) is 34.1 Å². The van der Waals surface area contributed by atoms with Gasteiger partial charge in [-0.2, -0.15) is 0 Å². The number of benzene rings is 1. The van der Waals surface area contributed by atoms with Crippen LogP contribution >= 0.6 is 15.9 Å². The van der Waals surface area contributed by atoms with Crippen molar-refractivity contribution in [2.45, 2.75) is 25.9 Å². The van der Waals surface area contributed by atoms with Gasteiger partial charge in [-0.15, -0.1) is 6.58 Å². The highest BCUT2D eigenvalue weighted by atomic mass is 79.9. The Morgan fingerprint density at radius 1 is 1.43 bits per heavy atom. The largest absolute Gasteiger partial charge is 0.304 e. The van der Waals surface area contributed by atoms with E-state index in [1.54, 1.807) is 0 Å². The predicted molar refractivity (Wildman–Crippen MR) is 65.4 cm³/mol. The molecule has 0 radical (unpaired) electrons.